The topological polar surface area (TPSA) is 113 Å². The van der Waals surface area contributed by atoms with Gasteiger partial charge in [-0.15, -0.1) is 12.4 Å². The highest BCUT2D eigenvalue weighted by Crippen LogP contribution is 2.19. The van der Waals surface area contributed by atoms with Gasteiger partial charge in [-0.2, -0.15) is 4.31 Å². The molecule has 0 bridgehead atoms. The molecule has 26 heavy (non-hydrogen) atoms. The number of piperazine rings is 1. The summed E-state index contributed by atoms with van der Waals surface area (Å²) < 4.78 is 26.9. The maximum absolute atomic E-state index is 12.8. The number of carbonyl (C=O) groups excluding carboxylic acids is 2. The van der Waals surface area contributed by atoms with Crippen LogP contribution in [0.4, 0.5) is 0 Å². The molecule has 8 nitrogen and oxygen atoms in total. The van der Waals surface area contributed by atoms with Crippen molar-refractivity contribution in [2.45, 2.75) is 24.8 Å². The van der Waals surface area contributed by atoms with E-state index in [9.17, 15) is 18.0 Å². The standard InChI is InChI=1S/C16H24N4O4S.ClH/c1-12(11-17)18-16(22)14-4-3-5-15(10-14)25(23,24)20-8-6-19(7-9-20)13(2)21;/h3-5,10,12H,6-9,11,17H2,1-2H3,(H,18,22);1H/t12-;/m0./s1. The van der Waals surface area contributed by atoms with Crippen molar-refractivity contribution in [3.05, 3.63) is 29.8 Å². The van der Waals surface area contributed by atoms with E-state index in [1.165, 1.54) is 23.4 Å². The first-order chi connectivity index (χ1) is 11.8. The predicted octanol–water partition coefficient (Wildman–Crippen LogP) is 0.0382. The summed E-state index contributed by atoms with van der Waals surface area (Å²) in [6.45, 7) is 4.74. The first-order valence-corrected chi connectivity index (χ1v) is 9.56. The van der Waals surface area contributed by atoms with E-state index in [-0.39, 0.29) is 53.8 Å². The minimum Gasteiger partial charge on any atom is -0.348 e. The Kier molecular flexibility index (Phi) is 8.01. The fourth-order valence-corrected chi connectivity index (χ4v) is 4.02. The maximum Gasteiger partial charge on any atom is 0.251 e. The van der Waals surface area contributed by atoms with Gasteiger partial charge in [0, 0.05) is 51.3 Å². The molecule has 0 spiro atoms. The molecular formula is C16H25ClN4O4S. The van der Waals surface area contributed by atoms with Crippen molar-refractivity contribution in [3.63, 3.8) is 0 Å². The molecule has 1 heterocycles. The monoisotopic (exact) mass is 404 g/mol. The zero-order valence-corrected chi connectivity index (χ0v) is 16.5. The molecular weight excluding hydrogens is 380 g/mol. The lowest BCUT2D eigenvalue weighted by Gasteiger charge is -2.33. The number of rotatable bonds is 5. The third-order valence-corrected chi connectivity index (χ3v) is 6.04. The number of hydrogen-bond acceptors (Lipinski definition) is 5. The third-order valence-electron chi connectivity index (χ3n) is 4.15. The first-order valence-electron chi connectivity index (χ1n) is 8.12. The minimum atomic E-state index is -3.71. The Labute approximate surface area is 160 Å². The van der Waals surface area contributed by atoms with Crippen molar-refractivity contribution in [2.24, 2.45) is 5.73 Å². The Hall–Kier alpha value is -1.68. The average molecular weight is 405 g/mol. The van der Waals surface area contributed by atoms with Crippen molar-refractivity contribution in [3.8, 4) is 0 Å². The van der Waals surface area contributed by atoms with Crippen LogP contribution in [0.5, 0.6) is 0 Å². The van der Waals surface area contributed by atoms with Gasteiger partial charge in [0.15, 0.2) is 0 Å². The number of carbonyl (C=O) groups is 2. The van der Waals surface area contributed by atoms with Crippen LogP contribution in [-0.2, 0) is 14.8 Å². The molecule has 0 radical (unpaired) electrons. The molecule has 1 atom stereocenters. The number of amides is 2. The average Bonchev–Trinajstić information content (AvgIpc) is 2.61. The lowest BCUT2D eigenvalue weighted by Crippen LogP contribution is -2.49. The normalized spacial score (nSPS) is 16.5. The summed E-state index contributed by atoms with van der Waals surface area (Å²) in [5, 5.41) is 2.71. The van der Waals surface area contributed by atoms with Crippen LogP contribution < -0.4 is 11.1 Å². The van der Waals surface area contributed by atoms with Crippen LogP contribution in [0.1, 0.15) is 24.2 Å². The highest BCUT2D eigenvalue weighted by atomic mass is 35.5. The molecule has 1 fully saturated rings. The maximum atomic E-state index is 12.8. The van der Waals surface area contributed by atoms with Crippen molar-refractivity contribution in [1.82, 2.24) is 14.5 Å². The first kappa shape index (κ1) is 22.4. The number of nitrogens with zero attached hydrogens (tertiary/aromatic N) is 2. The SMILES string of the molecule is CC(=O)N1CCN(S(=O)(=O)c2cccc(C(=O)N[C@@H](C)CN)c2)CC1.Cl. The van der Waals surface area contributed by atoms with E-state index >= 15 is 0 Å². The summed E-state index contributed by atoms with van der Waals surface area (Å²) in [5.41, 5.74) is 5.75. The van der Waals surface area contributed by atoms with Gasteiger partial charge < -0.3 is 16.0 Å². The quantitative estimate of drug-likeness (QED) is 0.719. The summed E-state index contributed by atoms with van der Waals surface area (Å²) in [6, 6.07) is 5.74. The molecule has 2 rings (SSSR count). The molecule has 3 N–H and O–H groups in total. The second-order valence-corrected chi connectivity index (χ2v) is 7.99. The van der Waals surface area contributed by atoms with E-state index in [1.807, 2.05) is 0 Å². The molecule has 1 aliphatic heterocycles. The Balaban J connectivity index is 0.00000338. The zero-order valence-electron chi connectivity index (χ0n) is 14.8. The van der Waals surface area contributed by atoms with Crippen molar-refractivity contribution < 1.29 is 18.0 Å². The van der Waals surface area contributed by atoms with Gasteiger partial charge in [0.05, 0.1) is 4.90 Å². The summed E-state index contributed by atoms with van der Waals surface area (Å²) >= 11 is 0. The van der Waals surface area contributed by atoms with Gasteiger partial charge in [0.25, 0.3) is 5.91 Å². The molecule has 0 aliphatic carbocycles. The third kappa shape index (κ3) is 5.16. The fraction of sp³-hybridized carbons (Fsp3) is 0.500. The zero-order chi connectivity index (χ0) is 18.6. The molecule has 1 aromatic rings. The van der Waals surface area contributed by atoms with Crippen LogP contribution in [0.25, 0.3) is 0 Å². The van der Waals surface area contributed by atoms with Gasteiger partial charge >= 0.3 is 0 Å². The number of halogens is 1. The van der Waals surface area contributed by atoms with E-state index < -0.39 is 10.0 Å². The second kappa shape index (κ2) is 9.31. The van der Waals surface area contributed by atoms with Crippen LogP contribution in [0.15, 0.2) is 29.2 Å². The molecule has 2 amide bonds. The number of nitrogens with one attached hydrogen (secondary N) is 1. The van der Waals surface area contributed by atoms with Crippen molar-refractivity contribution >= 4 is 34.2 Å². The molecule has 1 saturated heterocycles. The molecule has 10 heteroatoms. The van der Waals surface area contributed by atoms with Gasteiger partial charge in [-0.1, -0.05) is 6.07 Å². The van der Waals surface area contributed by atoms with Gasteiger partial charge in [0.1, 0.15) is 0 Å². The highest BCUT2D eigenvalue weighted by Gasteiger charge is 2.29. The van der Waals surface area contributed by atoms with Crippen LogP contribution in [0.3, 0.4) is 0 Å². The highest BCUT2D eigenvalue weighted by molar-refractivity contribution is 7.89. The van der Waals surface area contributed by atoms with Gasteiger partial charge in [-0.05, 0) is 25.1 Å². The molecule has 0 saturated carbocycles. The number of benzene rings is 1. The lowest BCUT2D eigenvalue weighted by molar-refractivity contribution is -0.129. The van der Waals surface area contributed by atoms with Crippen molar-refractivity contribution in [1.29, 1.82) is 0 Å². The van der Waals surface area contributed by atoms with E-state index in [0.29, 0.717) is 19.6 Å². The van der Waals surface area contributed by atoms with Crippen LogP contribution >= 0.6 is 12.4 Å². The largest absolute Gasteiger partial charge is 0.348 e. The molecule has 0 unspecified atom stereocenters. The van der Waals surface area contributed by atoms with Crippen LogP contribution in [0.2, 0.25) is 0 Å². The Morgan fingerprint density at radius 2 is 1.85 bits per heavy atom. The molecule has 146 valence electrons. The smallest absolute Gasteiger partial charge is 0.251 e. The number of hydrogen-bond donors (Lipinski definition) is 2. The molecule has 1 aromatic carbocycles. The summed E-state index contributed by atoms with van der Waals surface area (Å²) in [6.07, 6.45) is 0. The number of sulfonamides is 1. The summed E-state index contributed by atoms with van der Waals surface area (Å²) in [4.78, 5) is 25.2. The lowest BCUT2D eigenvalue weighted by atomic mass is 10.2. The molecule has 0 aromatic heterocycles. The predicted molar refractivity (Wildman–Crippen MR) is 101 cm³/mol. The number of nitrogens with two attached hydrogens (primary N) is 1. The Morgan fingerprint density at radius 1 is 1.23 bits per heavy atom. The van der Waals surface area contributed by atoms with E-state index in [0.717, 1.165) is 0 Å². The van der Waals surface area contributed by atoms with E-state index in [2.05, 4.69) is 5.32 Å². The van der Waals surface area contributed by atoms with Gasteiger partial charge in [-0.3, -0.25) is 9.59 Å². The fourth-order valence-electron chi connectivity index (χ4n) is 2.56. The van der Waals surface area contributed by atoms with E-state index in [4.69, 9.17) is 5.73 Å². The minimum absolute atomic E-state index is 0. The van der Waals surface area contributed by atoms with Crippen molar-refractivity contribution in [2.75, 3.05) is 32.7 Å². The molecule has 1 aliphatic rings. The second-order valence-electron chi connectivity index (χ2n) is 6.05. The van der Waals surface area contributed by atoms with E-state index in [1.54, 1.807) is 24.0 Å². The Morgan fingerprint density at radius 3 is 2.38 bits per heavy atom. The van der Waals surface area contributed by atoms with Crippen LogP contribution in [0, 0.1) is 0 Å². The van der Waals surface area contributed by atoms with Gasteiger partial charge in [-0.25, -0.2) is 8.42 Å². The van der Waals surface area contributed by atoms with Crippen LogP contribution in [-0.4, -0.2) is 68.2 Å². The summed E-state index contributed by atoms with van der Waals surface area (Å²) in [7, 11) is -3.71. The van der Waals surface area contributed by atoms with Gasteiger partial charge in [0.2, 0.25) is 15.9 Å². The Bertz CT molecular complexity index is 748. The summed E-state index contributed by atoms with van der Waals surface area (Å²) in [5.74, 6) is -0.430.